The predicted molar refractivity (Wildman–Crippen MR) is 67.5 cm³/mol. The number of benzene rings is 1. The third kappa shape index (κ3) is 3.07. The second-order valence-corrected chi connectivity index (χ2v) is 5.33. The van der Waals surface area contributed by atoms with E-state index in [1.165, 1.54) is 0 Å². The maximum absolute atomic E-state index is 12.0. The average Bonchev–Trinajstić information content (AvgIpc) is 2.71. The molecule has 0 fully saturated rings. The summed E-state index contributed by atoms with van der Waals surface area (Å²) in [4.78, 5) is 12.0. The minimum atomic E-state index is -0.282. The van der Waals surface area contributed by atoms with Crippen molar-refractivity contribution in [1.82, 2.24) is 0 Å². The van der Waals surface area contributed by atoms with E-state index in [4.69, 9.17) is 10.5 Å². The fourth-order valence-electron chi connectivity index (χ4n) is 1.94. The number of nitrogens with two attached hydrogens (primary N) is 1. The molecule has 0 saturated carbocycles. The fourth-order valence-corrected chi connectivity index (χ4v) is 1.94. The average molecular weight is 233 g/mol. The summed E-state index contributed by atoms with van der Waals surface area (Å²) in [7, 11) is 0. The maximum atomic E-state index is 12.0. The summed E-state index contributed by atoms with van der Waals surface area (Å²) in [5.41, 5.74) is 7.52. The number of rotatable bonds is 4. The van der Waals surface area contributed by atoms with Gasteiger partial charge in [0.05, 0.1) is 6.61 Å². The second-order valence-electron chi connectivity index (χ2n) is 5.33. The van der Waals surface area contributed by atoms with E-state index >= 15 is 0 Å². The van der Waals surface area contributed by atoms with Crippen molar-refractivity contribution in [1.29, 1.82) is 0 Å². The Labute approximate surface area is 102 Å². The van der Waals surface area contributed by atoms with E-state index in [0.29, 0.717) is 12.8 Å². The first-order valence-electron chi connectivity index (χ1n) is 6.03. The van der Waals surface area contributed by atoms with E-state index in [9.17, 15) is 4.79 Å². The van der Waals surface area contributed by atoms with Gasteiger partial charge in [-0.05, 0) is 44.0 Å². The molecular formula is C14H19NO2. The van der Waals surface area contributed by atoms with Crippen LogP contribution in [0.2, 0.25) is 0 Å². The van der Waals surface area contributed by atoms with Crippen LogP contribution in [0, 0.1) is 0 Å². The van der Waals surface area contributed by atoms with Gasteiger partial charge in [-0.25, -0.2) is 0 Å². The number of ether oxygens (including phenoxy) is 1. The lowest BCUT2D eigenvalue weighted by atomic mass is 9.95. The molecule has 2 N–H and O–H groups in total. The van der Waals surface area contributed by atoms with E-state index < -0.39 is 0 Å². The van der Waals surface area contributed by atoms with Crippen molar-refractivity contribution in [3.8, 4) is 5.75 Å². The summed E-state index contributed by atoms with van der Waals surface area (Å²) in [6, 6.07) is 5.69. The van der Waals surface area contributed by atoms with Crippen LogP contribution in [-0.4, -0.2) is 17.9 Å². The van der Waals surface area contributed by atoms with E-state index in [2.05, 4.69) is 0 Å². The van der Waals surface area contributed by atoms with Crippen LogP contribution in [0.5, 0.6) is 5.75 Å². The van der Waals surface area contributed by atoms with Crippen molar-refractivity contribution in [2.75, 3.05) is 6.61 Å². The smallest absolute Gasteiger partial charge is 0.162 e. The molecule has 0 aromatic heterocycles. The third-order valence-electron chi connectivity index (χ3n) is 3.01. The first kappa shape index (κ1) is 12.1. The van der Waals surface area contributed by atoms with Crippen LogP contribution in [0.3, 0.4) is 0 Å². The van der Waals surface area contributed by atoms with Crippen LogP contribution in [0.4, 0.5) is 0 Å². The van der Waals surface area contributed by atoms with Gasteiger partial charge in [0, 0.05) is 23.9 Å². The van der Waals surface area contributed by atoms with Crippen LogP contribution in [0.15, 0.2) is 18.2 Å². The summed E-state index contributed by atoms with van der Waals surface area (Å²) < 4.78 is 5.42. The molecule has 2 rings (SSSR count). The minimum Gasteiger partial charge on any atom is -0.493 e. The molecule has 17 heavy (non-hydrogen) atoms. The number of hydrogen-bond acceptors (Lipinski definition) is 3. The normalized spacial score (nSPS) is 14.3. The Morgan fingerprint density at radius 1 is 1.47 bits per heavy atom. The van der Waals surface area contributed by atoms with Crippen molar-refractivity contribution in [2.45, 2.75) is 38.6 Å². The molecular weight excluding hydrogens is 214 g/mol. The van der Waals surface area contributed by atoms with Gasteiger partial charge in [0.1, 0.15) is 5.75 Å². The molecule has 0 atom stereocenters. The number of ketones is 1. The molecule has 3 nitrogen and oxygen atoms in total. The summed E-state index contributed by atoms with van der Waals surface area (Å²) in [5, 5.41) is 0. The molecule has 1 aromatic carbocycles. The number of carbonyl (C=O) groups is 1. The number of Topliss-reactive ketones (excluding diaryl/α,β-unsaturated/α-hetero) is 1. The van der Waals surface area contributed by atoms with Gasteiger partial charge in [-0.2, -0.15) is 0 Å². The number of hydrogen-bond donors (Lipinski definition) is 1. The number of fused-ring (bicyclic) bond motifs is 1. The Bertz CT molecular complexity index is 432. The summed E-state index contributed by atoms with van der Waals surface area (Å²) >= 11 is 0. The Hall–Kier alpha value is -1.35. The Balaban J connectivity index is 2.05. The van der Waals surface area contributed by atoms with Gasteiger partial charge in [0.2, 0.25) is 0 Å². The van der Waals surface area contributed by atoms with Gasteiger partial charge >= 0.3 is 0 Å². The molecule has 3 heteroatoms. The zero-order valence-corrected chi connectivity index (χ0v) is 10.5. The van der Waals surface area contributed by atoms with Gasteiger partial charge < -0.3 is 10.5 Å². The first-order chi connectivity index (χ1) is 7.96. The molecule has 1 heterocycles. The lowest BCUT2D eigenvalue weighted by molar-refractivity contribution is 0.0972. The Morgan fingerprint density at radius 2 is 2.24 bits per heavy atom. The third-order valence-corrected chi connectivity index (χ3v) is 3.01. The predicted octanol–water partition coefficient (Wildman–Crippen LogP) is 2.32. The summed E-state index contributed by atoms with van der Waals surface area (Å²) in [6.45, 7) is 4.61. The van der Waals surface area contributed by atoms with Crippen molar-refractivity contribution in [3.05, 3.63) is 29.3 Å². The van der Waals surface area contributed by atoms with E-state index in [1.807, 2.05) is 32.0 Å². The fraction of sp³-hybridized carbons (Fsp3) is 0.500. The van der Waals surface area contributed by atoms with E-state index in [0.717, 1.165) is 29.9 Å². The van der Waals surface area contributed by atoms with Crippen LogP contribution in [0.1, 0.15) is 42.6 Å². The highest BCUT2D eigenvalue weighted by atomic mass is 16.5. The summed E-state index contributed by atoms with van der Waals surface area (Å²) in [6.07, 6.45) is 2.11. The van der Waals surface area contributed by atoms with Crippen LogP contribution in [0.25, 0.3) is 0 Å². The summed E-state index contributed by atoms with van der Waals surface area (Å²) in [5.74, 6) is 1.08. The highest BCUT2D eigenvalue weighted by molar-refractivity contribution is 5.96. The molecule has 1 aromatic rings. The molecule has 92 valence electrons. The maximum Gasteiger partial charge on any atom is 0.162 e. The highest BCUT2D eigenvalue weighted by Crippen LogP contribution is 2.26. The second kappa shape index (κ2) is 4.49. The zero-order valence-electron chi connectivity index (χ0n) is 10.5. The quantitative estimate of drug-likeness (QED) is 0.812. The lowest BCUT2D eigenvalue weighted by Gasteiger charge is -2.17. The van der Waals surface area contributed by atoms with Gasteiger partial charge in [-0.15, -0.1) is 0 Å². The number of carbonyl (C=O) groups excluding carboxylic acids is 1. The van der Waals surface area contributed by atoms with E-state index in [-0.39, 0.29) is 11.3 Å². The molecule has 0 unspecified atom stereocenters. The standard InChI is InChI=1S/C14H19NO2/c1-14(2,15)7-5-12(16)10-3-4-13-11(9-10)6-8-17-13/h3-4,9H,5-8,15H2,1-2H3. The molecule has 0 bridgehead atoms. The van der Waals surface area contributed by atoms with Crippen molar-refractivity contribution < 1.29 is 9.53 Å². The molecule has 0 radical (unpaired) electrons. The zero-order chi connectivity index (χ0) is 12.5. The van der Waals surface area contributed by atoms with Gasteiger partial charge in [0.15, 0.2) is 5.78 Å². The minimum absolute atomic E-state index is 0.165. The molecule has 1 aliphatic heterocycles. The van der Waals surface area contributed by atoms with Crippen LogP contribution >= 0.6 is 0 Å². The first-order valence-corrected chi connectivity index (χ1v) is 6.03. The molecule has 0 spiro atoms. The Kier molecular flexibility index (Phi) is 3.20. The Morgan fingerprint density at radius 3 is 2.94 bits per heavy atom. The monoisotopic (exact) mass is 233 g/mol. The molecule has 0 amide bonds. The largest absolute Gasteiger partial charge is 0.493 e. The topological polar surface area (TPSA) is 52.3 Å². The molecule has 0 saturated heterocycles. The van der Waals surface area contributed by atoms with Gasteiger partial charge in [0.25, 0.3) is 0 Å². The lowest BCUT2D eigenvalue weighted by Crippen LogP contribution is -2.32. The molecule has 0 aliphatic carbocycles. The molecule has 1 aliphatic rings. The SMILES string of the molecule is CC(C)(N)CCC(=O)c1ccc2c(c1)CCO2. The van der Waals surface area contributed by atoms with E-state index in [1.54, 1.807) is 0 Å². The highest BCUT2D eigenvalue weighted by Gasteiger charge is 2.17. The van der Waals surface area contributed by atoms with Gasteiger partial charge in [-0.1, -0.05) is 0 Å². The van der Waals surface area contributed by atoms with Crippen molar-refractivity contribution >= 4 is 5.78 Å². The van der Waals surface area contributed by atoms with Crippen LogP contribution < -0.4 is 10.5 Å². The van der Waals surface area contributed by atoms with Crippen molar-refractivity contribution in [3.63, 3.8) is 0 Å². The van der Waals surface area contributed by atoms with Crippen molar-refractivity contribution in [2.24, 2.45) is 5.73 Å². The van der Waals surface area contributed by atoms with Crippen LogP contribution in [-0.2, 0) is 6.42 Å². The van der Waals surface area contributed by atoms with Gasteiger partial charge in [-0.3, -0.25) is 4.79 Å².